The highest BCUT2D eigenvalue weighted by molar-refractivity contribution is 7.17. The molecule has 0 saturated carbocycles. The molecule has 0 saturated heterocycles. The summed E-state index contributed by atoms with van der Waals surface area (Å²) in [6.45, 7) is 0. The van der Waals surface area contributed by atoms with Crippen LogP contribution < -0.4 is 0 Å². The number of aliphatic hydroxyl groups excluding tert-OH is 1. The molecule has 1 aromatic carbocycles. The summed E-state index contributed by atoms with van der Waals surface area (Å²) in [6.07, 6.45) is 10.3. The fourth-order valence-electron chi connectivity index (χ4n) is 3.39. The van der Waals surface area contributed by atoms with Crippen molar-refractivity contribution in [2.45, 2.75) is 12.5 Å². The standard InChI is InChI=1S/C23H17N5OS/c29-22(17-3-1-15(2-4-17)18-12-25-14-26-13-18)19-11-21(16-5-8-24-9-6-16)30-23(19)20-7-10-27-28-20/h1-6,8-14,22,29H,7H2. The topological polar surface area (TPSA) is 83.6 Å². The molecule has 6 nitrogen and oxygen atoms in total. The minimum Gasteiger partial charge on any atom is -0.384 e. The summed E-state index contributed by atoms with van der Waals surface area (Å²) in [5, 5.41) is 19.5. The highest BCUT2D eigenvalue weighted by Gasteiger charge is 2.23. The first-order valence-electron chi connectivity index (χ1n) is 9.46. The molecule has 4 aromatic rings. The summed E-state index contributed by atoms with van der Waals surface area (Å²) < 4.78 is 0. The van der Waals surface area contributed by atoms with E-state index < -0.39 is 6.10 Å². The first-order valence-corrected chi connectivity index (χ1v) is 10.3. The average Bonchev–Trinajstić information content (AvgIpc) is 3.50. The molecule has 0 fully saturated rings. The summed E-state index contributed by atoms with van der Waals surface area (Å²) in [5.41, 5.74) is 5.54. The number of hydrogen-bond acceptors (Lipinski definition) is 7. The van der Waals surface area contributed by atoms with Gasteiger partial charge in [0, 0.05) is 53.4 Å². The Bertz CT molecular complexity index is 1220. The van der Waals surface area contributed by atoms with Gasteiger partial charge < -0.3 is 5.11 Å². The normalized spacial score (nSPS) is 14.0. The van der Waals surface area contributed by atoms with E-state index in [4.69, 9.17) is 0 Å². The van der Waals surface area contributed by atoms with E-state index >= 15 is 0 Å². The zero-order valence-electron chi connectivity index (χ0n) is 15.9. The Morgan fingerprint density at radius 2 is 1.63 bits per heavy atom. The Morgan fingerprint density at radius 1 is 0.867 bits per heavy atom. The number of aromatic nitrogens is 3. The van der Waals surface area contributed by atoms with Gasteiger partial charge in [0.25, 0.3) is 0 Å². The number of nitrogens with zero attached hydrogens (tertiary/aromatic N) is 5. The maximum Gasteiger partial charge on any atom is 0.115 e. The number of benzene rings is 1. The van der Waals surface area contributed by atoms with Crippen LogP contribution in [0.25, 0.3) is 21.6 Å². The van der Waals surface area contributed by atoms with Crippen molar-refractivity contribution in [1.82, 2.24) is 15.0 Å². The minimum absolute atomic E-state index is 0.670. The molecule has 0 spiro atoms. The molecule has 1 N–H and O–H groups in total. The number of rotatable bonds is 5. The number of pyridine rings is 1. The molecule has 1 atom stereocenters. The Morgan fingerprint density at radius 3 is 2.33 bits per heavy atom. The summed E-state index contributed by atoms with van der Waals surface area (Å²) in [5.74, 6) is 0. The van der Waals surface area contributed by atoms with Crippen molar-refractivity contribution >= 4 is 23.3 Å². The summed E-state index contributed by atoms with van der Waals surface area (Å²) in [6, 6.07) is 13.8. The van der Waals surface area contributed by atoms with E-state index in [2.05, 4.69) is 25.2 Å². The van der Waals surface area contributed by atoms with Crippen molar-refractivity contribution in [3.8, 4) is 21.6 Å². The van der Waals surface area contributed by atoms with Crippen LogP contribution in [-0.2, 0) is 0 Å². The number of aliphatic hydroxyl groups is 1. The Labute approximate surface area is 177 Å². The lowest BCUT2D eigenvalue weighted by molar-refractivity contribution is 0.220. The molecule has 5 rings (SSSR count). The number of hydrogen-bond donors (Lipinski definition) is 1. The Balaban J connectivity index is 1.51. The third-order valence-corrected chi connectivity index (χ3v) is 6.20. The zero-order valence-corrected chi connectivity index (χ0v) is 16.7. The van der Waals surface area contributed by atoms with Gasteiger partial charge in [-0.05, 0) is 34.9 Å². The van der Waals surface area contributed by atoms with Crippen LogP contribution >= 0.6 is 11.3 Å². The van der Waals surface area contributed by atoms with Gasteiger partial charge in [0.2, 0.25) is 0 Å². The molecule has 1 unspecified atom stereocenters. The molecule has 146 valence electrons. The van der Waals surface area contributed by atoms with Gasteiger partial charge in [-0.1, -0.05) is 24.3 Å². The van der Waals surface area contributed by atoms with Crippen LogP contribution in [0, 0.1) is 0 Å². The molecule has 3 aromatic heterocycles. The van der Waals surface area contributed by atoms with E-state index in [-0.39, 0.29) is 0 Å². The van der Waals surface area contributed by atoms with Crippen molar-refractivity contribution in [3.05, 3.63) is 89.6 Å². The van der Waals surface area contributed by atoms with Gasteiger partial charge in [-0.15, -0.1) is 11.3 Å². The molecule has 0 bridgehead atoms. The smallest absolute Gasteiger partial charge is 0.115 e. The molecule has 30 heavy (non-hydrogen) atoms. The minimum atomic E-state index is -0.767. The number of thiophene rings is 1. The first kappa shape index (κ1) is 18.5. The molecule has 7 heteroatoms. The molecule has 0 aliphatic carbocycles. The molecular weight excluding hydrogens is 394 g/mol. The van der Waals surface area contributed by atoms with Crippen molar-refractivity contribution in [1.29, 1.82) is 0 Å². The maximum absolute atomic E-state index is 11.2. The predicted octanol–water partition coefficient (Wildman–Crippen LogP) is 4.53. The summed E-state index contributed by atoms with van der Waals surface area (Å²) >= 11 is 1.62. The lowest BCUT2D eigenvalue weighted by Crippen LogP contribution is -2.05. The van der Waals surface area contributed by atoms with E-state index in [1.807, 2.05) is 42.5 Å². The maximum atomic E-state index is 11.2. The Kier molecular flexibility index (Phi) is 4.96. The molecular formula is C23H17N5OS. The van der Waals surface area contributed by atoms with Crippen molar-refractivity contribution in [2.24, 2.45) is 10.2 Å². The summed E-state index contributed by atoms with van der Waals surface area (Å²) in [4.78, 5) is 14.3. The SMILES string of the molecule is OC(c1ccc(-c2cncnc2)cc1)c1cc(-c2ccncc2)sc1C1=NN=CC1. The third-order valence-electron chi connectivity index (χ3n) is 4.95. The van der Waals surface area contributed by atoms with Crippen molar-refractivity contribution < 1.29 is 5.11 Å². The van der Waals surface area contributed by atoms with Gasteiger partial charge in [0.15, 0.2) is 0 Å². The quantitative estimate of drug-likeness (QED) is 0.523. The van der Waals surface area contributed by atoms with Crippen LogP contribution in [0.5, 0.6) is 0 Å². The van der Waals surface area contributed by atoms with E-state index in [1.54, 1.807) is 42.3 Å². The van der Waals surface area contributed by atoms with Gasteiger partial charge in [-0.3, -0.25) is 4.98 Å². The van der Waals surface area contributed by atoms with Crippen LogP contribution in [0.1, 0.15) is 28.5 Å². The fourth-order valence-corrected chi connectivity index (χ4v) is 4.58. The highest BCUT2D eigenvalue weighted by Crippen LogP contribution is 2.38. The van der Waals surface area contributed by atoms with Gasteiger partial charge in [0.1, 0.15) is 12.4 Å². The van der Waals surface area contributed by atoms with E-state index in [0.29, 0.717) is 6.42 Å². The predicted molar refractivity (Wildman–Crippen MR) is 119 cm³/mol. The van der Waals surface area contributed by atoms with Crippen LogP contribution in [0.4, 0.5) is 0 Å². The molecule has 4 heterocycles. The third kappa shape index (κ3) is 3.56. The van der Waals surface area contributed by atoms with Gasteiger partial charge in [0.05, 0.1) is 10.6 Å². The van der Waals surface area contributed by atoms with Gasteiger partial charge >= 0.3 is 0 Å². The fraction of sp³-hybridized carbons (Fsp3) is 0.0870. The molecule has 0 amide bonds. The second-order valence-electron chi connectivity index (χ2n) is 6.83. The van der Waals surface area contributed by atoms with Gasteiger partial charge in [-0.2, -0.15) is 10.2 Å². The second kappa shape index (κ2) is 8.06. The monoisotopic (exact) mass is 411 g/mol. The Hall–Kier alpha value is -3.55. The zero-order chi connectivity index (χ0) is 20.3. The van der Waals surface area contributed by atoms with Crippen molar-refractivity contribution in [2.75, 3.05) is 0 Å². The highest BCUT2D eigenvalue weighted by atomic mass is 32.1. The van der Waals surface area contributed by atoms with Crippen LogP contribution in [-0.4, -0.2) is 32.0 Å². The molecule has 1 aliphatic rings. The van der Waals surface area contributed by atoms with Crippen LogP contribution in [0.3, 0.4) is 0 Å². The van der Waals surface area contributed by atoms with Crippen LogP contribution in [0.15, 0.2) is 83.8 Å². The summed E-state index contributed by atoms with van der Waals surface area (Å²) in [7, 11) is 0. The van der Waals surface area contributed by atoms with E-state index in [1.165, 1.54) is 6.33 Å². The molecule has 1 aliphatic heterocycles. The first-order chi connectivity index (χ1) is 14.8. The lowest BCUT2D eigenvalue weighted by atomic mass is 9.97. The van der Waals surface area contributed by atoms with Crippen molar-refractivity contribution in [3.63, 3.8) is 0 Å². The largest absolute Gasteiger partial charge is 0.384 e. The average molecular weight is 411 g/mol. The van der Waals surface area contributed by atoms with E-state index in [9.17, 15) is 5.11 Å². The van der Waals surface area contributed by atoms with Crippen LogP contribution in [0.2, 0.25) is 0 Å². The lowest BCUT2D eigenvalue weighted by Gasteiger charge is -2.13. The second-order valence-corrected chi connectivity index (χ2v) is 7.88. The van der Waals surface area contributed by atoms with E-state index in [0.717, 1.165) is 43.3 Å². The van der Waals surface area contributed by atoms with Gasteiger partial charge in [-0.25, -0.2) is 9.97 Å². The molecule has 0 radical (unpaired) electrons.